The zero-order chi connectivity index (χ0) is 20.3. The van der Waals surface area contributed by atoms with Gasteiger partial charge < -0.3 is 14.2 Å². The number of carbonyl (C=O) groups excluding carboxylic acids is 1. The van der Waals surface area contributed by atoms with Crippen LogP contribution < -0.4 is 4.90 Å². The number of piperazine rings is 1. The van der Waals surface area contributed by atoms with Crippen LogP contribution in [0.25, 0.3) is 11.5 Å². The first-order valence-electron chi connectivity index (χ1n) is 10.6. The Morgan fingerprint density at radius 1 is 1.00 bits per heavy atom. The third kappa shape index (κ3) is 4.06. The first kappa shape index (κ1) is 18.8. The summed E-state index contributed by atoms with van der Waals surface area (Å²) in [6, 6.07) is 14.0. The number of rotatable bonds is 6. The molecule has 1 saturated heterocycles. The first-order chi connectivity index (χ1) is 14.8. The zero-order valence-electron chi connectivity index (χ0n) is 16.9. The second kappa shape index (κ2) is 8.26. The molecule has 0 bridgehead atoms. The highest BCUT2D eigenvalue weighted by atomic mass is 16.4. The molecule has 2 aliphatic rings. The van der Waals surface area contributed by atoms with Crippen LogP contribution in [0.4, 0.5) is 5.82 Å². The summed E-state index contributed by atoms with van der Waals surface area (Å²) in [5, 5.41) is 8.46. The molecule has 154 valence electrons. The Hall–Kier alpha value is -3.22. The fraction of sp³-hybridized carbons (Fsp3) is 0.391. The molecule has 5 rings (SSSR count). The monoisotopic (exact) mass is 403 g/mol. The van der Waals surface area contributed by atoms with Crippen LogP contribution in [0.1, 0.15) is 36.6 Å². The van der Waals surface area contributed by atoms with Gasteiger partial charge in [-0.1, -0.05) is 30.3 Å². The summed E-state index contributed by atoms with van der Waals surface area (Å²) in [5.41, 5.74) is 2.06. The average molecular weight is 403 g/mol. The van der Waals surface area contributed by atoms with Gasteiger partial charge in [-0.15, -0.1) is 10.2 Å². The molecule has 0 N–H and O–H groups in total. The van der Waals surface area contributed by atoms with E-state index in [-0.39, 0.29) is 5.91 Å². The van der Waals surface area contributed by atoms with Crippen molar-refractivity contribution in [2.24, 2.45) is 0 Å². The van der Waals surface area contributed by atoms with E-state index in [0.29, 0.717) is 31.3 Å². The van der Waals surface area contributed by atoms with Crippen molar-refractivity contribution in [2.45, 2.75) is 31.6 Å². The Balaban J connectivity index is 1.22. The van der Waals surface area contributed by atoms with Crippen molar-refractivity contribution < 1.29 is 9.21 Å². The maximum atomic E-state index is 12.6. The number of hydrogen-bond donors (Lipinski definition) is 0. The number of amides is 1. The maximum absolute atomic E-state index is 12.6. The Kier molecular flexibility index (Phi) is 5.17. The third-order valence-corrected chi connectivity index (χ3v) is 5.79. The number of aryl methyl sites for hydroxylation is 1. The van der Waals surface area contributed by atoms with Crippen LogP contribution in [0.5, 0.6) is 0 Å². The lowest BCUT2D eigenvalue weighted by atomic mass is 10.1. The molecule has 2 aromatic heterocycles. The van der Waals surface area contributed by atoms with E-state index in [4.69, 9.17) is 4.42 Å². The van der Waals surface area contributed by atoms with Crippen molar-refractivity contribution in [3.05, 3.63) is 60.1 Å². The highest BCUT2D eigenvalue weighted by molar-refractivity contribution is 5.77. The Bertz CT molecular complexity index is 1010. The predicted molar refractivity (Wildman–Crippen MR) is 113 cm³/mol. The third-order valence-electron chi connectivity index (χ3n) is 5.79. The molecule has 0 spiro atoms. The number of carbonyl (C=O) groups is 1. The number of pyridine rings is 1. The van der Waals surface area contributed by atoms with Crippen LogP contribution in [0.3, 0.4) is 0 Å². The Morgan fingerprint density at radius 2 is 1.80 bits per heavy atom. The molecule has 30 heavy (non-hydrogen) atoms. The van der Waals surface area contributed by atoms with Gasteiger partial charge in [0, 0.05) is 44.7 Å². The van der Waals surface area contributed by atoms with Gasteiger partial charge in [0.1, 0.15) is 5.82 Å². The molecule has 1 aromatic carbocycles. The SMILES string of the molecule is O=C(CCc1ccccc1)N1CCN(c2ncccc2-c2nnc(C3CC3)o2)CC1. The molecule has 1 saturated carbocycles. The van der Waals surface area contributed by atoms with E-state index in [1.54, 1.807) is 6.20 Å². The van der Waals surface area contributed by atoms with Gasteiger partial charge in [0.15, 0.2) is 0 Å². The minimum absolute atomic E-state index is 0.214. The van der Waals surface area contributed by atoms with Gasteiger partial charge in [0.25, 0.3) is 5.89 Å². The number of nitrogens with zero attached hydrogens (tertiary/aromatic N) is 5. The van der Waals surface area contributed by atoms with E-state index in [1.165, 1.54) is 5.56 Å². The number of hydrogen-bond acceptors (Lipinski definition) is 6. The summed E-state index contributed by atoms with van der Waals surface area (Å²) in [7, 11) is 0. The van der Waals surface area contributed by atoms with Gasteiger partial charge in [0.2, 0.25) is 11.8 Å². The van der Waals surface area contributed by atoms with Crippen molar-refractivity contribution in [1.29, 1.82) is 0 Å². The average Bonchev–Trinajstić information content (AvgIpc) is 3.55. The molecule has 2 fully saturated rings. The van der Waals surface area contributed by atoms with Crippen LogP contribution in [-0.2, 0) is 11.2 Å². The van der Waals surface area contributed by atoms with Crippen LogP contribution in [0, 0.1) is 0 Å². The Labute approximate surface area is 175 Å². The van der Waals surface area contributed by atoms with Crippen molar-refractivity contribution in [2.75, 3.05) is 31.1 Å². The smallest absolute Gasteiger partial charge is 0.251 e. The van der Waals surface area contributed by atoms with E-state index in [2.05, 4.69) is 32.2 Å². The lowest BCUT2D eigenvalue weighted by molar-refractivity contribution is -0.131. The second-order valence-electron chi connectivity index (χ2n) is 7.95. The lowest BCUT2D eigenvalue weighted by Crippen LogP contribution is -2.49. The zero-order valence-corrected chi connectivity index (χ0v) is 16.9. The van der Waals surface area contributed by atoms with Crippen molar-refractivity contribution >= 4 is 11.7 Å². The van der Waals surface area contributed by atoms with Crippen LogP contribution in [0.2, 0.25) is 0 Å². The number of benzene rings is 1. The van der Waals surface area contributed by atoms with Gasteiger partial charge in [-0.3, -0.25) is 4.79 Å². The van der Waals surface area contributed by atoms with Gasteiger partial charge in [-0.25, -0.2) is 4.98 Å². The summed E-state index contributed by atoms with van der Waals surface area (Å²) in [5.74, 6) is 2.75. The van der Waals surface area contributed by atoms with E-state index >= 15 is 0 Å². The molecule has 0 atom stereocenters. The number of aromatic nitrogens is 3. The highest BCUT2D eigenvalue weighted by Gasteiger charge is 2.30. The summed E-state index contributed by atoms with van der Waals surface area (Å²) < 4.78 is 5.91. The fourth-order valence-electron chi connectivity index (χ4n) is 3.88. The molecule has 3 heterocycles. The summed E-state index contributed by atoms with van der Waals surface area (Å²) >= 11 is 0. The molecular formula is C23H25N5O2. The number of anilines is 1. The van der Waals surface area contributed by atoms with Gasteiger partial charge in [-0.2, -0.15) is 0 Å². The van der Waals surface area contributed by atoms with Gasteiger partial charge in [-0.05, 0) is 37.0 Å². The second-order valence-corrected chi connectivity index (χ2v) is 7.95. The van der Waals surface area contributed by atoms with E-state index < -0.39 is 0 Å². The molecule has 7 heteroatoms. The van der Waals surface area contributed by atoms with Crippen LogP contribution in [0.15, 0.2) is 53.1 Å². The molecule has 1 aliphatic carbocycles. The lowest BCUT2D eigenvalue weighted by Gasteiger charge is -2.36. The molecule has 0 unspecified atom stereocenters. The van der Waals surface area contributed by atoms with E-state index in [1.807, 2.05) is 35.2 Å². The fourth-order valence-corrected chi connectivity index (χ4v) is 3.88. The molecule has 0 radical (unpaired) electrons. The summed E-state index contributed by atoms with van der Waals surface area (Å²) in [6.45, 7) is 2.87. The summed E-state index contributed by atoms with van der Waals surface area (Å²) in [6.07, 6.45) is 5.37. The minimum Gasteiger partial charge on any atom is -0.420 e. The minimum atomic E-state index is 0.214. The van der Waals surface area contributed by atoms with Crippen molar-refractivity contribution in [3.8, 4) is 11.5 Å². The van der Waals surface area contributed by atoms with Crippen molar-refractivity contribution in [1.82, 2.24) is 20.1 Å². The molecular weight excluding hydrogens is 378 g/mol. The predicted octanol–water partition coefficient (Wildman–Crippen LogP) is 3.29. The summed E-state index contributed by atoms with van der Waals surface area (Å²) in [4.78, 5) is 21.4. The molecule has 1 amide bonds. The molecule has 3 aromatic rings. The Morgan fingerprint density at radius 3 is 2.57 bits per heavy atom. The van der Waals surface area contributed by atoms with Crippen LogP contribution in [-0.4, -0.2) is 52.2 Å². The van der Waals surface area contributed by atoms with Crippen LogP contribution >= 0.6 is 0 Å². The quantitative estimate of drug-likeness (QED) is 0.629. The largest absolute Gasteiger partial charge is 0.420 e. The molecule has 7 nitrogen and oxygen atoms in total. The van der Waals surface area contributed by atoms with E-state index in [0.717, 1.165) is 49.6 Å². The highest BCUT2D eigenvalue weighted by Crippen LogP contribution is 2.40. The maximum Gasteiger partial charge on any atom is 0.251 e. The van der Waals surface area contributed by atoms with Crippen molar-refractivity contribution in [3.63, 3.8) is 0 Å². The normalized spacial score (nSPS) is 16.7. The standard InChI is InChI=1S/C23H25N5O2/c29-20(11-8-17-5-2-1-3-6-17)27-13-15-28(16-14-27)21-19(7-4-12-24-21)23-26-25-22(30-23)18-9-10-18/h1-7,12,18H,8-11,13-16H2. The topological polar surface area (TPSA) is 75.4 Å². The van der Waals surface area contributed by atoms with E-state index in [9.17, 15) is 4.79 Å². The van der Waals surface area contributed by atoms with Gasteiger partial charge >= 0.3 is 0 Å². The van der Waals surface area contributed by atoms with Gasteiger partial charge in [0.05, 0.1) is 5.56 Å². The molecule has 1 aliphatic heterocycles. The first-order valence-corrected chi connectivity index (χ1v) is 10.6.